The third-order valence-corrected chi connectivity index (χ3v) is 1.59. The molecular weight excluding hydrogens is 158 g/mol. The van der Waals surface area contributed by atoms with Crippen molar-refractivity contribution in [3.8, 4) is 0 Å². The van der Waals surface area contributed by atoms with Crippen molar-refractivity contribution in [3.05, 3.63) is 16.7 Å². The van der Waals surface area contributed by atoms with Gasteiger partial charge in [0.25, 0.3) is 5.56 Å². The van der Waals surface area contributed by atoms with Crippen molar-refractivity contribution in [3.63, 3.8) is 0 Å². The van der Waals surface area contributed by atoms with Gasteiger partial charge in [-0.1, -0.05) is 0 Å². The van der Waals surface area contributed by atoms with E-state index in [0.29, 0.717) is 11.2 Å². The molecule has 0 amide bonds. The Bertz CT molecular complexity index is 482. The van der Waals surface area contributed by atoms with Crippen LogP contribution in [-0.2, 0) is 7.05 Å². The molecule has 0 aliphatic heterocycles. The van der Waals surface area contributed by atoms with E-state index in [1.54, 1.807) is 7.05 Å². The van der Waals surface area contributed by atoms with Crippen LogP contribution in [0.25, 0.3) is 11.2 Å². The van der Waals surface area contributed by atoms with E-state index in [1.165, 1.54) is 10.9 Å². The zero-order chi connectivity index (χ0) is 8.72. The molecule has 62 valence electrons. The molecule has 0 saturated carbocycles. The van der Waals surface area contributed by atoms with Crippen molar-refractivity contribution in [1.82, 2.24) is 19.5 Å². The van der Waals surface area contributed by atoms with Crippen LogP contribution in [0.5, 0.6) is 0 Å². The first-order valence-corrected chi connectivity index (χ1v) is 3.35. The van der Waals surface area contributed by atoms with Crippen molar-refractivity contribution in [2.75, 3.05) is 5.73 Å². The third-order valence-electron chi connectivity index (χ3n) is 1.59. The lowest BCUT2D eigenvalue weighted by Gasteiger charge is -1.92. The standard InChI is InChI=1S/C6H7N5O/c1-11-2-8-4-3(5(11)12)9-6(7)10-4/h2H,1H3,(H3,7,9,10). The Morgan fingerprint density at radius 2 is 2.42 bits per heavy atom. The van der Waals surface area contributed by atoms with Crippen molar-refractivity contribution in [1.29, 1.82) is 0 Å². The first-order valence-electron chi connectivity index (χ1n) is 3.35. The molecule has 6 heteroatoms. The quantitative estimate of drug-likeness (QED) is 0.536. The van der Waals surface area contributed by atoms with Crippen LogP contribution in [-0.4, -0.2) is 19.5 Å². The van der Waals surface area contributed by atoms with Gasteiger partial charge in [0.1, 0.15) is 0 Å². The zero-order valence-corrected chi connectivity index (χ0v) is 6.40. The number of rotatable bonds is 0. The van der Waals surface area contributed by atoms with Gasteiger partial charge in [0, 0.05) is 7.05 Å². The van der Waals surface area contributed by atoms with Crippen LogP contribution in [0.2, 0.25) is 0 Å². The summed E-state index contributed by atoms with van der Waals surface area (Å²) >= 11 is 0. The summed E-state index contributed by atoms with van der Waals surface area (Å²) in [6.07, 6.45) is 1.41. The van der Waals surface area contributed by atoms with Gasteiger partial charge in [-0.05, 0) is 0 Å². The minimum absolute atomic E-state index is 0.177. The van der Waals surface area contributed by atoms with E-state index in [2.05, 4.69) is 15.0 Å². The van der Waals surface area contributed by atoms with Gasteiger partial charge in [-0.2, -0.15) is 4.98 Å². The third kappa shape index (κ3) is 0.777. The Labute approximate surface area is 67.1 Å². The number of nitrogens with two attached hydrogens (primary N) is 1. The largest absolute Gasteiger partial charge is 0.369 e. The predicted octanol–water partition coefficient (Wildman–Crippen LogP) is -0.761. The van der Waals surface area contributed by atoms with Crippen LogP contribution < -0.4 is 11.3 Å². The molecule has 0 spiro atoms. The average molecular weight is 165 g/mol. The molecule has 3 N–H and O–H groups in total. The summed E-state index contributed by atoms with van der Waals surface area (Å²) < 4.78 is 1.36. The highest BCUT2D eigenvalue weighted by Crippen LogP contribution is 2.02. The molecule has 0 unspecified atom stereocenters. The number of aromatic amines is 1. The molecule has 2 aromatic heterocycles. The predicted molar refractivity (Wildman–Crippen MR) is 43.5 cm³/mol. The topological polar surface area (TPSA) is 89.6 Å². The first-order chi connectivity index (χ1) is 5.68. The maximum Gasteiger partial charge on any atom is 0.279 e. The summed E-state index contributed by atoms with van der Waals surface area (Å²) in [6, 6.07) is 0. The molecular formula is C6H7N5O. The number of nitrogen functional groups attached to an aromatic ring is 1. The van der Waals surface area contributed by atoms with Gasteiger partial charge in [0.05, 0.1) is 6.33 Å². The summed E-state index contributed by atoms with van der Waals surface area (Å²) in [4.78, 5) is 21.7. The van der Waals surface area contributed by atoms with E-state index >= 15 is 0 Å². The molecule has 0 aliphatic carbocycles. The van der Waals surface area contributed by atoms with Gasteiger partial charge in [0.15, 0.2) is 17.1 Å². The number of imidazole rings is 1. The second-order valence-electron chi connectivity index (χ2n) is 2.48. The summed E-state index contributed by atoms with van der Waals surface area (Å²) in [7, 11) is 1.62. The molecule has 12 heavy (non-hydrogen) atoms. The van der Waals surface area contributed by atoms with Crippen molar-refractivity contribution in [2.24, 2.45) is 7.05 Å². The molecule has 0 fully saturated rings. The van der Waals surface area contributed by atoms with Gasteiger partial charge >= 0.3 is 0 Å². The number of fused-ring (bicyclic) bond motifs is 1. The van der Waals surface area contributed by atoms with Gasteiger partial charge < -0.3 is 15.3 Å². The van der Waals surface area contributed by atoms with Crippen molar-refractivity contribution >= 4 is 17.1 Å². The molecule has 0 aliphatic rings. The van der Waals surface area contributed by atoms with Gasteiger partial charge in [0.2, 0.25) is 0 Å². The first kappa shape index (κ1) is 6.84. The maximum atomic E-state index is 11.3. The Hall–Kier alpha value is -1.85. The second-order valence-corrected chi connectivity index (χ2v) is 2.48. The number of hydrogen-bond donors (Lipinski definition) is 2. The maximum absolute atomic E-state index is 11.3. The number of H-pyrrole nitrogens is 1. The van der Waals surface area contributed by atoms with Gasteiger partial charge in [-0.25, -0.2) is 4.98 Å². The molecule has 2 rings (SSSR count). The lowest BCUT2D eigenvalue weighted by Crippen LogP contribution is -2.16. The molecule has 0 atom stereocenters. The van der Waals surface area contributed by atoms with Crippen LogP contribution in [0, 0.1) is 0 Å². The monoisotopic (exact) mass is 165 g/mol. The average Bonchev–Trinajstić information content (AvgIpc) is 2.39. The van der Waals surface area contributed by atoms with Crippen molar-refractivity contribution in [2.45, 2.75) is 0 Å². The summed E-state index contributed by atoms with van der Waals surface area (Å²) in [6.45, 7) is 0. The smallest absolute Gasteiger partial charge is 0.279 e. The SMILES string of the molecule is Cn1cnc2nc(N)[nH]c2c1=O. The molecule has 0 aromatic carbocycles. The van der Waals surface area contributed by atoms with Crippen LogP contribution in [0.1, 0.15) is 0 Å². The fourth-order valence-electron chi connectivity index (χ4n) is 0.995. The Morgan fingerprint density at radius 3 is 3.17 bits per heavy atom. The Kier molecular flexibility index (Phi) is 1.18. The summed E-state index contributed by atoms with van der Waals surface area (Å²) in [5, 5.41) is 0. The fourth-order valence-corrected chi connectivity index (χ4v) is 0.995. The van der Waals surface area contributed by atoms with E-state index in [9.17, 15) is 4.79 Å². The van der Waals surface area contributed by atoms with E-state index in [0.717, 1.165) is 0 Å². The number of nitrogens with zero attached hydrogens (tertiary/aromatic N) is 3. The molecule has 0 bridgehead atoms. The molecule has 2 aromatic rings. The highest BCUT2D eigenvalue weighted by molar-refractivity contribution is 5.71. The van der Waals surface area contributed by atoms with Crippen LogP contribution in [0.3, 0.4) is 0 Å². The number of hydrogen-bond acceptors (Lipinski definition) is 4. The molecule has 2 heterocycles. The number of anilines is 1. The number of aromatic nitrogens is 4. The summed E-state index contributed by atoms with van der Waals surface area (Å²) in [5.41, 5.74) is 5.88. The fraction of sp³-hybridized carbons (Fsp3) is 0.167. The lowest BCUT2D eigenvalue weighted by atomic mass is 10.5. The molecule has 0 radical (unpaired) electrons. The highest BCUT2D eigenvalue weighted by Gasteiger charge is 2.05. The summed E-state index contributed by atoms with van der Waals surface area (Å²) in [5.74, 6) is 0.209. The second kappa shape index (κ2) is 2.07. The van der Waals surface area contributed by atoms with Crippen molar-refractivity contribution < 1.29 is 0 Å². The van der Waals surface area contributed by atoms with E-state index < -0.39 is 0 Å². The van der Waals surface area contributed by atoms with E-state index in [4.69, 9.17) is 5.73 Å². The van der Waals surface area contributed by atoms with Crippen LogP contribution in [0.4, 0.5) is 5.95 Å². The van der Waals surface area contributed by atoms with E-state index in [1.807, 2.05) is 0 Å². The van der Waals surface area contributed by atoms with Crippen LogP contribution >= 0.6 is 0 Å². The minimum atomic E-state index is -0.177. The van der Waals surface area contributed by atoms with E-state index in [-0.39, 0.29) is 11.5 Å². The normalized spacial score (nSPS) is 10.8. The highest BCUT2D eigenvalue weighted by atomic mass is 16.1. The Morgan fingerprint density at radius 1 is 1.67 bits per heavy atom. The molecule has 6 nitrogen and oxygen atoms in total. The van der Waals surface area contributed by atoms with Gasteiger partial charge in [-0.3, -0.25) is 4.79 Å². The number of nitrogens with one attached hydrogen (secondary N) is 1. The minimum Gasteiger partial charge on any atom is -0.369 e. The molecule has 0 saturated heterocycles. The zero-order valence-electron chi connectivity index (χ0n) is 6.40. The number of aryl methyl sites for hydroxylation is 1. The van der Waals surface area contributed by atoms with Crippen LogP contribution in [0.15, 0.2) is 11.1 Å². The lowest BCUT2D eigenvalue weighted by molar-refractivity contribution is 0.839. The Balaban J connectivity index is 2.99. The van der Waals surface area contributed by atoms with Gasteiger partial charge in [-0.15, -0.1) is 0 Å².